The van der Waals surface area contributed by atoms with E-state index in [1.165, 1.54) is 29.3 Å². The Labute approximate surface area is 113 Å². The molecule has 4 atom stereocenters. The molecule has 3 fully saturated rings. The summed E-state index contributed by atoms with van der Waals surface area (Å²) in [6.45, 7) is 1.03. The van der Waals surface area contributed by atoms with Crippen molar-refractivity contribution in [3.63, 3.8) is 0 Å². The summed E-state index contributed by atoms with van der Waals surface area (Å²) in [5.41, 5.74) is 2.70. The van der Waals surface area contributed by atoms with E-state index in [0.29, 0.717) is 0 Å². The van der Waals surface area contributed by atoms with Gasteiger partial charge in [0.2, 0.25) is 0 Å². The number of benzene rings is 1. The van der Waals surface area contributed by atoms with Gasteiger partial charge in [-0.25, -0.2) is 0 Å². The van der Waals surface area contributed by atoms with Crippen LogP contribution in [0.3, 0.4) is 0 Å². The lowest BCUT2D eigenvalue weighted by Gasteiger charge is -2.11. The van der Waals surface area contributed by atoms with E-state index in [4.69, 9.17) is 0 Å². The van der Waals surface area contributed by atoms with E-state index in [0.717, 1.165) is 36.3 Å². The van der Waals surface area contributed by atoms with Gasteiger partial charge in [0.05, 0.1) is 0 Å². The highest BCUT2D eigenvalue weighted by molar-refractivity contribution is 5.82. The third-order valence-electron chi connectivity index (χ3n) is 5.95. The first kappa shape index (κ1) is 10.5. The van der Waals surface area contributed by atoms with Crippen molar-refractivity contribution in [3.05, 3.63) is 36.0 Å². The maximum absolute atomic E-state index is 3.84. The second-order valence-corrected chi connectivity index (χ2v) is 6.75. The van der Waals surface area contributed by atoms with Crippen molar-refractivity contribution < 1.29 is 0 Å². The van der Waals surface area contributed by atoms with Crippen LogP contribution in [0.25, 0.3) is 10.9 Å². The zero-order valence-electron chi connectivity index (χ0n) is 11.1. The number of H-pyrrole nitrogens is 1. The van der Waals surface area contributed by atoms with E-state index in [1.807, 2.05) is 6.20 Å². The van der Waals surface area contributed by atoms with Crippen LogP contribution in [0.2, 0.25) is 0 Å². The molecule has 0 amide bonds. The molecule has 1 aromatic heterocycles. The van der Waals surface area contributed by atoms with Gasteiger partial charge in [0.25, 0.3) is 0 Å². The smallest absolute Gasteiger partial charge is 0.0457 e. The Morgan fingerprint density at radius 3 is 2.79 bits per heavy atom. The van der Waals surface area contributed by atoms with Crippen LogP contribution < -0.4 is 5.32 Å². The quantitative estimate of drug-likeness (QED) is 0.862. The standard InChI is InChI=1S/C17H20N2/c1-2-12(13-6-7-18-14(13)3-1)9-19-17-15-10-4-5-11(8-10)16(15)17/h1-3,6-7,10-11,15-19H,4-5,8-9H2. The normalized spacial score (nSPS) is 38.8. The fraction of sp³-hybridized carbons (Fsp3) is 0.529. The number of nitrogens with one attached hydrogen (secondary N) is 2. The monoisotopic (exact) mass is 252 g/mol. The van der Waals surface area contributed by atoms with Crippen LogP contribution in [0.1, 0.15) is 24.8 Å². The lowest BCUT2D eigenvalue weighted by molar-refractivity contribution is 0.456. The lowest BCUT2D eigenvalue weighted by Crippen LogP contribution is -2.22. The topological polar surface area (TPSA) is 27.8 Å². The highest BCUT2D eigenvalue weighted by atomic mass is 15.0. The molecule has 1 aromatic carbocycles. The van der Waals surface area contributed by atoms with Crippen LogP contribution >= 0.6 is 0 Å². The van der Waals surface area contributed by atoms with E-state index >= 15 is 0 Å². The molecular formula is C17H20N2. The number of aromatic amines is 1. The molecule has 0 radical (unpaired) electrons. The second-order valence-electron chi connectivity index (χ2n) is 6.75. The predicted octanol–water partition coefficient (Wildman–Crippen LogP) is 3.30. The fourth-order valence-corrected chi connectivity index (χ4v) is 5.13. The molecule has 98 valence electrons. The third-order valence-corrected chi connectivity index (χ3v) is 5.95. The molecule has 2 heteroatoms. The third kappa shape index (κ3) is 1.41. The lowest BCUT2D eigenvalue weighted by atomic mass is 10.0. The van der Waals surface area contributed by atoms with Gasteiger partial charge < -0.3 is 10.3 Å². The van der Waals surface area contributed by atoms with Gasteiger partial charge in [-0.3, -0.25) is 0 Å². The van der Waals surface area contributed by atoms with Gasteiger partial charge in [0.1, 0.15) is 0 Å². The Morgan fingerprint density at radius 2 is 1.95 bits per heavy atom. The molecule has 1 heterocycles. The molecule has 5 rings (SSSR count). The minimum Gasteiger partial charge on any atom is -0.361 e. The summed E-state index contributed by atoms with van der Waals surface area (Å²) in [6, 6.07) is 9.61. The van der Waals surface area contributed by atoms with Gasteiger partial charge in [0, 0.05) is 29.7 Å². The van der Waals surface area contributed by atoms with Crippen LogP contribution in [-0.4, -0.2) is 11.0 Å². The van der Waals surface area contributed by atoms with E-state index in [-0.39, 0.29) is 0 Å². The molecule has 4 unspecified atom stereocenters. The molecule has 0 spiro atoms. The molecule has 2 N–H and O–H groups in total. The summed E-state index contributed by atoms with van der Waals surface area (Å²) in [5, 5.41) is 5.22. The Kier molecular flexibility index (Phi) is 2.01. The zero-order chi connectivity index (χ0) is 12.4. The SMILES string of the molecule is c1cc(CNC2C3C4CCC(C4)C23)c2cc[nH]c2c1. The van der Waals surface area contributed by atoms with E-state index < -0.39 is 0 Å². The summed E-state index contributed by atoms with van der Waals surface area (Å²) < 4.78 is 0. The van der Waals surface area contributed by atoms with Crippen LogP contribution in [-0.2, 0) is 6.54 Å². The minimum atomic E-state index is 0.834. The van der Waals surface area contributed by atoms with Gasteiger partial charge in [0.15, 0.2) is 0 Å². The van der Waals surface area contributed by atoms with Gasteiger partial charge in [-0.2, -0.15) is 0 Å². The van der Waals surface area contributed by atoms with Crippen molar-refractivity contribution in [1.29, 1.82) is 0 Å². The summed E-state index contributed by atoms with van der Waals surface area (Å²) in [7, 11) is 0. The Morgan fingerprint density at radius 1 is 1.11 bits per heavy atom. The number of rotatable bonds is 3. The highest BCUT2D eigenvalue weighted by Crippen LogP contribution is 2.65. The van der Waals surface area contributed by atoms with E-state index in [1.54, 1.807) is 6.42 Å². The van der Waals surface area contributed by atoms with Crippen molar-refractivity contribution in [1.82, 2.24) is 10.3 Å². The fourth-order valence-electron chi connectivity index (χ4n) is 5.13. The molecule has 0 aliphatic heterocycles. The minimum absolute atomic E-state index is 0.834. The number of fused-ring (bicyclic) bond motifs is 6. The maximum atomic E-state index is 3.84. The highest BCUT2D eigenvalue weighted by Gasteiger charge is 2.64. The van der Waals surface area contributed by atoms with Gasteiger partial charge >= 0.3 is 0 Å². The second kappa shape index (κ2) is 3.63. The molecule has 19 heavy (non-hydrogen) atoms. The first-order chi connectivity index (χ1) is 9.42. The summed E-state index contributed by atoms with van der Waals surface area (Å²) in [4.78, 5) is 3.30. The van der Waals surface area contributed by atoms with Crippen LogP contribution in [0.15, 0.2) is 30.5 Å². The van der Waals surface area contributed by atoms with Crippen molar-refractivity contribution in [3.8, 4) is 0 Å². The van der Waals surface area contributed by atoms with Crippen LogP contribution in [0, 0.1) is 23.7 Å². The number of hydrogen-bond donors (Lipinski definition) is 2. The summed E-state index contributed by atoms with van der Waals surface area (Å²) in [6.07, 6.45) is 6.61. The first-order valence-corrected chi connectivity index (χ1v) is 7.70. The largest absolute Gasteiger partial charge is 0.361 e. The van der Waals surface area contributed by atoms with Crippen molar-refractivity contribution in [2.75, 3.05) is 0 Å². The molecule has 3 aliphatic rings. The average Bonchev–Trinajstić information content (AvgIpc) is 2.86. The van der Waals surface area contributed by atoms with Gasteiger partial charge in [-0.15, -0.1) is 0 Å². The van der Waals surface area contributed by atoms with E-state index in [2.05, 4.69) is 34.6 Å². The Balaban J connectivity index is 1.33. The van der Waals surface area contributed by atoms with E-state index in [9.17, 15) is 0 Å². The Bertz CT molecular complexity index is 613. The summed E-state index contributed by atoms with van der Waals surface area (Å²) >= 11 is 0. The molecule has 2 bridgehead atoms. The number of aromatic nitrogens is 1. The van der Waals surface area contributed by atoms with Gasteiger partial charge in [-0.1, -0.05) is 12.1 Å². The van der Waals surface area contributed by atoms with Crippen molar-refractivity contribution in [2.24, 2.45) is 23.7 Å². The van der Waals surface area contributed by atoms with Gasteiger partial charge in [-0.05, 0) is 60.6 Å². The van der Waals surface area contributed by atoms with Crippen molar-refractivity contribution in [2.45, 2.75) is 31.8 Å². The first-order valence-electron chi connectivity index (χ1n) is 7.70. The molecule has 2 nitrogen and oxygen atoms in total. The Hall–Kier alpha value is -1.28. The molecule has 0 saturated heterocycles. The summed E-state index contributed by atoms with van der Waals surface area (Å²) in [5.74, 6) is 4.19. The number of hydrogen-bond acceptors (Lipinski definition) is 1. The predicted molar refractivity (Wildman–Crippen MR) is 76.7 cm³/mol. The van der Waals surface area contributed by atoms with Crippen molar-refractivity contribution >= 4 is 10.9 Å². The van der Waals surface area contributed by atoms with Crippen LogP contribution in [0.4, 0.5) is 0 Å². The maximum Gasteiger partial charge on any atom is 0.0457 e. The zero-order valence-corrected chi connectivity index (χ0v) is 11.1. The molecule has 2 aromatic rings. The molecule has 3 aliphatic carbocycles. The average molecular weight is 252 g/mol. The van der Waals surface area contributed by atoms with Crippen LogP contribution in [0.5, 0.6) is 0 Å². The molecule has 3 saturated carbocycles. The molecular weight excluding hydrogens is 232 g/mol.